The molecule has 0 saturated heterocycles. The van der Waals surface area contributed by atoms with Gasteiger partial charge in [0.05, 0.1) is 46.1 Å². The van der Waals surface area contributed by atoms with E-state index in [4.69, 9.17) is 61.6 Å². The lowest BCUT2D eigenvalue weighted by Gasteiger charge is -2.17. The molecule has 0 heterocycles. The largest absolute Gasteiger partial charge is 0.466 e. The Morgan fingerprint density at radius 2 is 1.00 bits per heavy atom. The Labute approximate surface area is 313 Å². The van der Waals surface area contributed by atoms with E-state index < -0.39 is 17.8 Å². The van der Waals surface area contributed by atoms with Crippen LogP contribution in [0.4, 0.5) is 8.78 Å². The first-order chi connectivity index (χ1) is 23.5. The highest BCUT2D eigenvalue weighted by atomic mass is 35.5. The molecule has 0 radical (unpaired) electrons. The van der Waals surface area contributed by atoms with Crippen LogP contribution in [-0.2, 0) is 19.1 Å². The van der Waals surface area contributed by atoms with Crippen molar-refractivity contribution in [2.45, 2.75) is 73.3 Å². The molecule has 0 unspecified atom stereocenters. The summed E-state index contributed by atoms with van der Waals surface area (Å²) >= 11 is 25.4. The van der Waals surface area contributed by atoms with E-state index in [2.05, 4.69) is 0 Å². The van der Waals surface area contributed by atoms with E-state index in [1.165, 1.54) is 0 Å². The third kappa shape index (κ3) is 10.4. The highest BCUT2D eigenvalue weighted by molar-refractivity contribution is 6.40. The molecule has 4 rings (SSSR count). The Hall–Kier alpha value is -3.20. The lowest BCUT2D eigenvalue weighted by molar-refractivity contribution is -0.144. The second-order valence-electron chi connectivity index (χ2n) is 12.1. The Morgan fingerprint density at radius 3 is 1.40 bits per heavy atom. The smallest absolute Gasteiger partial charge is 0.307 e. The maximum atomic E-state index is 14.6. The summed E-state index contributed by atoms with van der Waals surface area (Å²) < 4.78 is 39.0. The van der Waals surface area contributed by atoms with Crippen LogP contribution in [0.5, 0.6) is 0 Å². The first-order valence-electron chi connectivity index (χ1n) is 16.1. The zero-order valence-corrected chi connectivity index (χ0v) is 32.1. The van der Waals surface area contributed by atoms with E-state index in [0.29, 0.717) is 60.1 Å². The number of esters is 2. The molecule has 0 spiro atoms. The van der Waals surface area contributed by atoms with Crippen molar-refractivity contribution in [1.82, 2.24) is 0 Å². The Kier molecular flexibility index (Phi) is 15.1. The number of nitrogens with two attached hydrogens (primary N) is 1. The number of benzene rings is 4. The van der Waals surface area contributed by atoms with Crippen molar-refractivity contribution in [1.29, 1.82) is 0 Å². The molecule has 0 fully saturated rings. The molecule has 5 nitrogen and oxygen atoms in total. The monoisotopic (exact) mass is 765 g/mol. The molecular weight excluding hydrogens is 726 g/mol. The number of rotatable bonds is 10. The van der Waals surface area contributed by atoms with E-state index >= 15 is 0 Å². The van der Waals surface area contributed by atoms with Crippen molar-refractivity contribution in [2.75, 3.05) is 13.2 Å². The van der Waals surface area contributed by atoms with Crippen LogP contribution in [0.3, 0.4) is 0 Å². The molecule has 0 aliphatic heterocycles. The number of hydrogen-bond donors (Lipinski definition) is 1. The molecule has 0 aliphatic carbocycles. The molecule has 0 bridgehead atoms. The Bertz CT molecular complexity index is 1700. The molecule has 4 aromatic carbocycles. The number of hydrogen-bond acceptors (Lipinski definition) is 5. The Balaban J connectivity index is 0.000000270. The summed E-state index contributed by atoms with van der Waals surface area (Å²) in [6.45, 7) is 12.9. The predicted octanol–water partition coefficient (Wildman–Crippen LogP) is 11.8. The maximum absolute atomic E-state index is 14.6. The summed E-state index contributed by atoms with van der Waals surface area (Å²) in [4.78, 5) is 23.4. The fourth-order valence-electron chi connectivity index (χ4n) is 5.55. The third-order valence-corrected chi connectivity index (χ3v) is 9.11. The molecule has 2 N–H and O–H groups in total. The van der Waals surface area contributed by atoms with E-state index in [9.17, 15) is 18.4 Å². The standard InChI is InChI=1S/C20H21Cl2FO2.C19H20Cl2FNO2/c1-5-25-18(24)9-12(3)15-10-14(8-13(4)20(15)23)19-16(21)6-11(2)7-17(19)22;1-4-25-17(24)9-16(23)13-8-12(7-11(3)19(13)22)18-14(20)5-10(2)6-15(18)21/h6-8,10,12H,5,9H2,1-4H3;5-8,16H,4,9,23H2,1-3H3/t12-;16-/m00/s1. The van der Waals surface area contributed by atoms with Crippen LogP contribution in [0, 0.1) is 39.3 Å². The van der Waals surface area contributed by atoms with Crippen molar-refractivity contribution < 1.29 is 27.8 Å². The highest BCUT2D eigenvalue weighted by Gasteiger charge is 2.22. The quantitative estimate of drug-likeness (QED) is 0.163. The number of carbonyl (C=O) groups excluding carboxylic acids is 2. The van der Waals surface area contributed by atoms with Crippen molar-refractivity contribution >= 4 is 58.3 Å². The molecule has 4 aromatic rings. The van der Waals surface area contributed by atoms with Gasteiger partial charge in [0.25, 0.3) is 0 Å². The fourth-order valence-corrected chi connectivity index (χ4v) is 7.18. The van der Waals surface area contributed by atoms with Crippen LogP contribution < -0.4 is 5.73 Å². The fraction of sp³-hybridized carbons (Fsp3) is 0.333. The minimum Gasteiger partial charge on any atom is -0.466 e. The zero-order chi connectivity index (χ0) is 37.4. The maximum Gasteiger partial charge on any atom is 0.307 e. The van der Waals surface area contributed by atoms with E-state index in [1.54, 1.807) is 71.0 Å². The number of halogens is 6. The Morgan fingerprint density at radius 1 is 0.640 bits per heavy atom. The van der Waals surface area contributed by atoms with Gasteiger partial charge in [0.15, 0.2) is 0 Å². The number of carbonyl (C=O) groups is 2. The van der Waals surface area contributed by atoms with Crippen LogP contribution in [0.1, 0.15) is 79.0 Å². The highest BCUT2D eigenvalue weighted by Crippen LogP contribution is 2.40. The van der Waals surface area contributed by atoms with Crippen LogP contribution in [0.15, 0.2) is 48.5 Å². The third-order valence-electron chi connectivity index (χ3n) is 7.92. The minimum absolute atomic E-state index is 0.108. The van der Waals surface area contributed by atoms with Gasteiger partial charge in [-0.2, -0.15) is 0 Å². The molecule has 0 aliphatic rings. The summed E-state index contributed by atoms with van der Waals surface area (Å²) in [6, 6.07) is 13.1. The molecule has 2 atom stereocenters. The van der Waals surface area contributed by atoms with E-state index in [-0.39, 0.29) is 42.7 Å². The minimum atomic E-state index is -0.819. The lowest BCUT2D eigenvalue weighted by Crippen LogP contribution is -2.19. The second-order valence-corrected chi connectivity index (χ2v) is 13.8. The van der Waals surface area contributed by atoms with Gasteiger partial charge in [0.2, 0.25) is 0 Å². The van der Waals surface area contributed by atoms with Gasteiger partial charge < -0.3 is 15.2 Å². The molecule has 0 saturated carbocycles. The van der Waals surface area contributed by atoms with Crippen molar-refractivity contribution in [3.63, 3.8) is 0 Å². The average Bonchev–Trinajstić information content (AvgIpc) is 2.99. The van der Waals surface area contributed by atoms with Crippen LogP contribution in [-0.4, -0.2) is 25.2 Å². The van der Waals surface area contributed by atoms with Gasteiger partial charge >= 0.3 is 11.9 Å². The van der Waals surface area contributed by atoms with Crippen molar-refractivity contribution in [3.8, 4) is 22.3 Å². The van der Waals surface area contributed by atoms with Gasteiger partial charge in [-0.15, -0.1) is 0 Å². The van der Waals surface area contributed by atoms with Gasteiger partial charge in [0, 0.05) is 22.7 Å². The molecule has 50 heavy (non-hydrogen) atoms. The normalized spacial score (nSPS) is 12.1. The first-order valence-corrected chi connectivity index (χ1v) is 17.6. The van der Waals surface area contributed by atoms with Gasteiger partial charge in [-0.3, -0.25) is 9.59 Å². The second kappa shape index (κ2) is 18.3. The number of aryl methyl sites for hydroxylation is 4. The van der Waals surface area contributed by atoms with Gasteiger partial charge in [-0.1, -0.05) is 53.3 Å². The number of ether oxygens (including phenoxy) is 2. The van der Waals surface area contributed by atoms with E-state index in [0.717, 1.165) is 16.7 Å². The van der Waals surface area contributed by atoms with E-state index in [1.807, 2.05) is 26.0 Å². The summed E-state index contributed by atoms with van der Waals surface area (Å²) in [5.41, 5.74) is 12.2. The predicted molar refractivity (Wildman–Crippen MR) is 201 cm³/mol. The topological polar surface area (TPSA) is 78.6 Å². The molecule has 0 aromatic heterocycles. The summed E-state index contributed by atoms with van der Waals surface area (Å²) in [5, 5.41) is 1.97. The van der Waals surface area contributed by atoms with Crippen LogP contribution in [0.25, 0.3) is 22.3 Å². The first kappa shape index (κ1) is 41.2. The van der Waals surface area contributed by atoms with Gasteiger partial charge in [0.1, 0.15) is 11.6 Å². The van der Waals surface area contributed by atoms with Crippen molar-refractivity contribution in [3.05, 3.63) is 114 Å². The van der Waals surface area contributed by atoms with Crippen LogP contribution >= 0.6 is 46.4 Å². The summed E-state index contributed by atoms with van der Waals surface area (Å²) in [5.74, 6) is -1.90. The molecule has 11 heteroatoms. The van der Waals surface area contributed by atoms with Crippen LogP contribution in [0.2, 0.25) is 20.1 Å². The van der Waals surface area contributed by atoms with Gasteiger partial charge in [-0.05, 0) is 135 Å². The molecule has 268 valence electrons. The van der Waals surface area contributed by atoms with Crippen molar-refractivity contribution in [2.24, 2.45) is 5.73 Å². The SMILES string of the molecule is CCOC(=O)C[C@H](C)c1cc(-c2c(Cl)cc(C)cc2Cl)cc(C)c1F.CCOC(=O)C[C@H](N)c1cc(-c2c(Cl)cc(C)cc2Cl)cc(C)c1F. The summed E-state index contributed by atoms with van der Waals surface area (Å²) in [7, 11) is 0. The van der Waals surface area contributed by atoms with Gasteiger partial charge in [-0.25, -0.2) is 8.78 Å². The molecular formula is C39H41Cl4F2NO4. The zero-order valence-electron chi connectivity index (χ0n) is 29.1. The molecule has 0 amide bonds. The lowest BCUT2D eigenvalue weighted by atomic mass is 9.91. The summed E-state index contributed by atoms with van der Waals surface area (Å²) in [6.07, 6.45) is 0.00598. The average molecular weight is 768 g/mol.